The Kier molecular flexibility index (Phi) is 4.55. The maximum absolute atomic E-state index is 12.0. The quantitative estimate of drug-likeness (QED) is 0.933. The number of hydrogen-bond acceptors (Lipinski definition) is 3. The van der Waals surface area contributed by atoms with Crippen molar-refractivity contribution in [2.24, 2.45) is 0 Å². The standard InChI is InChI=1S/C15H12F3NO3/c1-21-12-8-4-11(5-9-12)19-14(20)10-2-6-13(7-3-10)22-15(16,17)18/h2-9H,1H3,(H,19,20). The van der Waals surface area contributed by atoms with E-state index in [1.165, 1.54) is 19.2 Å². The van der Waals surface area contributed by atoms with Crippen molar-refractivity contribution in [3.63, 3.8) is 0 Å². The molecule has 0 heterocycles. The Morgan fingerprint density at radius 2 is 1.50 bits per heavy atom. The Hall–Kier alpha value is -2.70. The second-order valence-corrected chi connectivity index (χ2v) is 4.25. The molecule has 1 N–H and O–H groups in total. The van der Waals surface area contributed by atoms with E-state index in [4.69, 9.17) is 4.74 Å². The number of anilines is 1. The van der Waals surface area contributed by atoms with Gasteiger partial charge in [0.1, 0.15) is 11.5 Å². The molecule has 116 valence electrons. The van der Waals surface area contributed by atoms with Gasteiger partial charge in [-0.1, -0.05) is 0 Å². The zero-order chi connectivity index (χ0) is 16.2. The summed E-state index contributed by atoms with van der Waals surface area (Å²) in [6.45, 7) is 0. The van der Waals surface area contributed by atoms with Crippen molar-refractivity contribution in [3.05, 3.63) is 54.1 Å². The van der Waals surface area contributed by atoms with Gasteiger partial charge in [0, 0.05) is 11.3 Å². The van der Waals surface area contributed by atoms with Crippen LogP contribution < -0.4 is 14.8 Å². The van der Waals surface area contributed by atoms with E-state index in [0.717, 1.165) is 12.1 Å². The van der Waals surface area contributed by atoms with Crippen molar-refractivity contribution in [2.75, 3.05) is 12.4 Å². The molecule has 0 saturated carbocycles. The van der Waals surface area contributed by atoms with E-state index >= 15 is 0 Å². The largest absolute Gasteiger partial charge is 0.573 e. The number of methoxy groups -OCH3 is 1. The molecule has 0 saturated heterocycles. The number of alkyl halides is 3. The number of carbonyl (C=O) groups is 1. The predicted molar refractivity (Wildman–Crippen MR) is 74.1 cm³/mol. The number of ether oxygens (including phenoxy) is 2. The Morgan fingerprint density at radius 3 is 2.00 bits per heavy atom. The highest BCUT2D eigenvalue weighted by atomic mass is 19.4. The fourth-order valence-corrected chi connectivity index (χ4v) is 1.69. The summed E-state index contributed by atoms with van der Waals surface area (Å²) in [5.74, 6) is -0.177. The number of nitrogens with one attached hydrogen (secondary N) is 1. The molecule has 22 heavy (non-hydrogen) atoms. The summed E-state index contributed by atoms with van der Waals surface area (Å²) in [5.41, 5.74) is 0.756. The molecular formula is C15H12F3NO3. The van der Waals surface area contributed by atoms with E-state index in [2.05, 4.69) is 10.1 Å². The molecule has 0 aliphatic heterocycles. The third-order valence-electron chi connectivity index (χ3n) is 2.70. The lowest BCUT2D eigenvalue weighted by Crippen LogP contribution is -2.17. The van der Waals surface area contributed by atoms with Gasteiger partial charge in [0.25, 0.3) is 5.91 Å². The molecule has 0 aliphatic carbocycles. The topological polar surface area (TPSA) is 47.6 Å². The molecule has 2 aromatic carbocycles. The van der Waals surface area contributed by atoms with E-state index in [-0.39, 0.29) is 11.3 Å². The van der Waals surface area contributed by atoms with Crippen molar-refractivity contribution in [3.8, 4) is 11.5 Å². The molecule has 0 spiro atoms. The Morgan fingerprint density at radius 1 is 0.955 bits per heavy atom. The first-order valence-electron chi connectivity index (χ1n) is 6.18. The number of hydrogen-bond donors (Lipinski definition) is 1. The Labute approximate surface area is 124 Å². The van der Waals surface area contributed by atoms with Gasteiger partial charge >= 0.3 is 6.36 Å². The fraction of sp³-hybridized carbons (Fsp3) is 0.133. The molecule has 7 heteroatoms. The number of benzene rings is 2. The van der Waals surface area contributed by atoms with E-state index in [1.807, 2.05) is 0 Å². The van der Waals surface area contributed by atoms with Crippen molar-refractivity contribution in [1.29, 1.82) is 0 Å². The van der Waals surface area contributed by atoms with Gasteiger partial charge in [0.05, 0.1) is 7.11 Å². The molecule has 0 unspecified atom stereocenters. The molecule has 4 nitrogen and oxygen atoms in total. The van der Waals surface area contributed by atoms with Gasteiger partial charge in [0.15, 0.2) is 0 Å². The number of amides is 1. The van der Waals surface area contributed by atoms with E-state index in [9.17, 15) is 18.0 Å². The molecule has 0 radical (unpaired) electrons. The molecular weight excluding hydrogens is 299 g/mol. The first-order valence-corrected chi connectivity index (χ1v) is 6.18. The van der Waals surface area contributed by atoms with Crippen molar-refractivity contribution in [2.45, 2.75) is 6.36 Å². The van der Waals surface area contributed by atoms with Crippen LogP contribution in [0.5, 0.6) is 11.5 Å². The molecule has 1 amide bonds. The van der Waals surface area contributed by atoms with Gasteiger partial charge in [-0.25, -0.2) is 0 Å². The minimum absolute atomic E-state index is 0.213. The molecule has 0 aromatic heterocycles. The summed E-state index contributed by atoms with van der Waals surface area (Å²) in [5, 5.41) is 2.62. The summed E-state index contributed by atoms with van der Waals surface area (Å²) in [7, 11) is 1.53. The summed E-state index contributed by atoms with van der Waals surface area (Å²) in [6.07, 6.45) is -4.76. The minimum Gasteiger partial charge on any atom is -0.497 e. The average molecular weight is 311 g/mol. The van der Waals surface area contributed by atoms with E-state index in [1.54, 1.807) is 24.3 Å². The second-order valence-electron chi connectivity index (χ2n) is 4.25. The first kappa shape index (κ1) is 15.7. The summed E-state index contributed by atoms with van der Waals surface area (Å²) >= 11 is 0. The molecule has 0 bridgehead atoms. The third-order valence-corrected chi connectivity index (χ3v) is 2.70. The van der Waals surface area contributed by atoms with Crippen LogP contribution in [0.15, 0.2) is 48.5 Å². The van der Waals surface area contributed by atoms with E-state index < -0.39 is 12.3 Å². The lowest BCUT2D eigenvalue weighted by Gasteiger charge is -2.09. The average Bonchev–Trinajstić information content (AvgIpc) is 2.47. The van der Waals surface area contributed by atoms with Crippen molar-refractivity contribution >= 4 is 11.6 Å². The normalized spacial score (nSPS) is 10.9. The van der Waals surface area contributed by atoms with Crippen LogP contribution in [0, 0.1) is 0 Å². The van der Waals surface area contributed by atoms with E-state index in [0.29, 0.717) is 11.4 Å². The van der Waals surface area contributed by atoms with Gasteiger partial charge in [0.2, 0.25) is 0 Å². The van der Waals surface area contributed by atoms with Gasteiger partial charge in [-0.2, -0.15) is 0 Å². The van der Waals surface area contributed by atoms with Crippen LogP contribution in [0.4, 0.5) is 18.9 Å². The second kappa shape index (κ2) is 6.38. The first-order chi connectivity index (χ1) is 10.4. The predicted octanol–water partition coefficient (Wildman–Crippen LogP) is 3.85. The maximum atomic E-state index is 12.0. The molecule has 2 rings (SSSR count). The monoisotopic (exact) mass is 311 g/mol. The molecule has 0 aliphatic rings. The summed E-state index contributed by atoms with van der Waals surface area (Å²) in [6, 6.07) is 11.3. The van der Waals surface area contributed by atoms with Crippen LogP contribution >= 0.6 is 0 Å². The zero-order valence-corrected chi connectivity index (χ0v) is 11.5. The SMILES string of the molecule is COc1ccc(NC(=O)c2ccc(OC(F)(F)F)cc2)cc1. The minimum atomic E-state index is -4.76. The lowest BCUT2D eigenvalue weighted by atomic mass is 10.2. The molecule has 0 atom stereocenters. The van der Waals surface area contributed by atoms with Crippen LogP contribution in [0.3, 0.4) is 0 Å². The van der Waals surface area contributed by atoms with Crippen LogP contribution in [-0.2, 0) is 0 Å². The van der Waals surface area contributed by atoms with Crippen molar-refractivity contribution in [1.82, 2.24) is 0 Å². The van der Waals surface area contributed by atoms with Gasteiger partial charge < -0.3 is 14.8 Å². The van der Waals surface area contributed by atoms with Crippen LogP contribution in [0.25, 0.3) is 0 Å². The highest BCUT2D eigenvalue weighted by Gasteiger charge is 2.31. The molecule has 2 aromatic rings. The Bertz CT molecular complexity index is 637. The molecule has 0 fully saturated rings. The third kappa shape index (κ3) is 4.41. The maximum Gasteiger partial charge on any atom is 0.573 e. The number of halogens is 3. The van der Waals surface area contributed by atoms with Gasteiger partial charge in [-0.15, -0.1) is 13.2 Å². The number of rotatable bonds is 4. The zero-order valence-electron chi connectivity index (χ0n) is 11.5. The summed E-state index contributed by atoms with van der Waals surface area (Å²) < 4.78 is 44.8. The van der Waals surface area contributed by atoms with Gasteiger partial charge in [-0.05, 0) is 48.5 Å². The Balaban J connectivity index is 2.03. The highest BCUT2D eigenvalue weighted by Crippen LogP contribution is 2.23. The van der Waals surface area contributed by atoms with Crippen LogP contribution in [-0.4, -0.2) is 19.4 Å². The van der Waals surface area contributed by atoms with Crippen molar-refractivity contribution < 1.29 is 27.4 Å². The van der Waals surface area contributed by atoms with Crippen LogP contribution in [0.1, 0.15) is 10.4 Å². The number of carbonyl (C=O) groups excluding carboxylic acids is 1. The van der Waals surface area contributed by atoms with Crippen LogP contribution in [0.2, 0.25) is 0 Å². The fourth-order valence-electron chi connectivity index (χ4n) is 1.69. The lowest BCUT2D eigenvalue weighted by molar-refractivity contribution is -0.274. The van der Waals surface area contributed by atoms with Gasteiger partial charge in [-0.3, -0.25) is 4.79 Å². The summed E-state index contributed by atoms with van der Waals surface area (Å²) in [4.78, 5) is 12.0. The smallest absolute Gasteiger partial charge is 0.497 e. The highest BCUT2D eigenvalue weighted by molar-refractivity contribution is 6.04.